The van der Waals surface area contributed by atoms with Crippen LogP contribution in [0.25, 0.3) is 0 Å². The number of hydrogen-bond donors (Lipinski definition) is 0. The van der Waals surface area contributed by atoms with Crippen molar-refractivity contribution in [2.75, 3.05) is 7.11 Å². The topological polar surface area (TPSA) is 127 Å². The van der Waals surface area contributed by atoms with Crippen LogP contribution in [0.1, 0.15) is 34.1 Å². The Kier molecular flexibility index (Phi) is 6.89. The summed E-state index contributed by atoms with van der Waals surface area (Å²) in [6.07, 6.45) is 0.711. The number of nitro groups is 1. The zero-order valence-electron chi connectivity index (χ0n) is 20.3. The molecule has 3 fully saturated rings. The molecule has 198 valence electrons. The Labute approximate surface area is 234 Å². The van der Waals surface area contributed by atoms with Crippen molar-refractivity contribution in [1.82, 2.24) is 10.0 Å². The van der Waals surface area contributed by atoms with E-state index in [1.54, 1.807) is 24.3 Å². The number of nitrogens with zero attached hydrogens (tertiary/aromatic N) is 3. The molecule has 7 atom stereocenters. The number of alkyl halides is 2. The molecule has 1 aliphatic heterocycles. The molecule has 2 aromatic carbocycles. The number of fused-ring (bicyclic) bond motifs is 5. The van der Waals surface area contributed by atoms with Crippen LogP contribution in [-0.4, -0.2) is 61.3 Å². The minimum Gasteiger partial charge on any atom is -0.497 e. The molecule has 0 spiro atoms. The van der Waals surface area contributed by atoms with E-state index in [-0.39, 0.29) is 38.3 Å². The smallest absolute Gasteiger partial charge is 0.273 e. The van der Waals surface area contributed by atoms with Gasteiger partial charge in [-0.2, -0.15) is 5.01 Å². The molecule has 12 heteroatoms. The van der Waals surface area contributed by atoms with Gasteiger partial charge in [0.1, 0.15) is 11.8 Å². The van der Waals surface area contributed by atoms with Gasteiger partial charge in [-0.1, -0.05) is 31.9 Å². The van der Waals surface area contributed by atoms with Crippen molar-refractivity contribution in [3.8, 4) is 5.75 Å². The van der Waals surface area contributed by atoms with Crippen LogP contribution in [0.4, 0.5) is 5.69 Å². The highest BCUT2D eigenvalue weighted by Gasteiger charge is 2.68. The summed E-state index contributed by atoms with van der Waals surface area (Å²) in [5.41, 5.74) is 0.0455. The molecule has 3 aliphatic rings. The predicted octanol–water partition coefficient (Wildman–Crippen LogP) is 4.01. The van der Waals surface area contributed by atoms with Crippen LogP contribution in [0.15, 0.2) is 48.5 Å². The number of hydrazine groups is 1. The SMILES string of the molecule is COc1ccc(C(=O)[C@H](C)N(C(=O)c2ccc([N+](=O)[O-])cc2)N2C(=O)[C@@H]3[C@H]4C[C@@H]([C@H](Br)[C@H]4Br)[C@H]3C2=O)cc1. The first-order valence-electron chi connectivity index (χ1n) is 12.0. The van der Waals surface area contributed by atoms with E-state index in [9.17, 15) is 29.3 Å². The molecule has 2 saturated carbocycles. The summed E-state index contributed by atoms with van der Waals surface area (Å²) in [6, 6.07) is 9.87. The zero-order chi connectivity index (χ0) is 27.5. The lowest BCUT2D eigenvalue weighted by molar-refractivity contribution is -0.384. The number of amides is 3. The zero-order valence-corrected chi connectivity index (χ0v) is 23.5. The fourth-order valence-electron chi connectivity index (χ4n) is 5.95. The number of halogens is 2. The van der Waals surface area contributed by atoms with E-state index in [1.165, 1.54) is 26.2 Å². The number of ketones is 1. The summed E-state index contributed by atoms with van der Waals surface area (Å²) in [5, 5.41) is 12.9. The largest absolute Gasteiger partial charge is 0.497 e. The van der Waals surface area contributed by atoms with Gasteiger partial charge in [0.05, 0.1) is 23.9 Å². The molecule has 0 radical (unpaired) electrons. The Bertz CT molecular complexity index is 1300. The van der Waals surface area contributed by atoms with E-state index >= 15 is 0 Å². The van der Waals surface area contributed by atoms with Gasteiger partial charge in [-0.05, 0) is 61.6 Å². The third-order valence-electron chi connectivity index (χ3n) is 7.83. The van der Waals surface area contributed by atoms with Gasteiger partial charge in [0.15, 0.2) is 5.78 Å². The Morgan fingerprint density at radius 3 is 1.95 bits per heavy atom. The Balaban J connectivity index is 1.54. The van der Waals surface area contributed by atoms with Crippen LogP contribution in [0.5, 0.6) is 5.75 Å². The quantitative estimate of drug-likeness (QED) is 0.146. The molecule has 2 aliphatic carbocycles. The number of carbonyl (C=O) groups excluding carboxylic acids is 4. The van der Waals surface area contributed by atoms with Gasteiger partial charge in [-0.3, -0.25) is 29.3 Å². The van der Waals surface area contributed by atoms with Gasteiger partial charge >= 0.3 is 0 Å². The van der Waals surface area contributed by atoms with Gasteiger partial charge in [0, 0.05) is 32.9 Å². The highest BCUT2D eigenvalue weighted by Crippen LogP contribution is 2.60. The maximum atomic E-state index is 13.8. The number of non-ortho nitro benzene ring substituents is 1. The molecule has 0 aromatic heterocycles. The van der Waals surface area contributed by atoms with Crippen LogP contribution in [-0.2, 0) is 9.59 Å². The molecular weight excluding hydrogens is 626 g/mol. The third-order valence-corrected chi connectivity index (χ3v) is 11.0. The van der Waals surface area contributed by atoms with Crippen LogP contribution in [0, 0.1) is 33.8 Å². The fourth-order valence-corrected chi connectivity index (χ4v) is 7.82. The summed E-state index contributed by atoms with van der Waals surface area (Å²) >= 11 is 7.30. The number of Topliss-reactive ketones (excluding diaryl/α,β-unsaturated/α-hetero) is 1. The number of benzene rings is 2. The van der Waals surface area contributed by atoms with Crippen LogP contribution in [0.3, 0.4) is 0 Å². The van der Waals surface area contributed by atoms with Crippen molar-refractivity contribution in [2.45, 2.75) is 29.0 Å². The van der Waals surface area contributed by atoms with Crippen molar-refractivity contribution in [3.05, 3.63) is 69.8 Å². The maximum Gasteiger partial charge on any atom is 0.273 e. The van der Waals surface area contributed by atoms with Gasteiger partial charge in [-0.25, -0.2) is 5.01 Å². The van der Waals surface area contributed by atoms with Crippen molar-refractivity contribution < 1.29 is 28.8 Å². The lowest BCUT2D eigenvalue weighted by Gasteiger charge is -2.35. The summed E-state index contributed by atoms with van der Waals surface area (Å²) in [4.78, 5) is 65.4. The summed E-state index contributed by atoms with van der Waals surface area (Å²) in [7, 11) is 1.49. The Morgan fingerprint density at radius 1 is 0.974 bits per heavy atom. The van der Waals surface area contributed by atoms with E-state index in [1.807, 2.05) is 0 Å². The monoisotopic (exact) mass is 647 g/mol. The number of nitro benzene ring substituents is 1. The maximum absolute atomic E-state index is 13.8. The van der Waals surface area contributed by atoms with Gasteiger partial charge in [-0.15, -0.1) is 0 Å². The van der Waals surface area contributed by atoms with E-state index in [4.69, 9.17) is 4.74 Å². The first kappa shape index (κ1) is 26.5. The predicted molar refractivity (Wildman–Crippen MR) is 142 cm³/mol. The van der Waals surface area contributed by atoms with E-state index < -0.39 is 46.3 Å². The highest BCUT2D eigenvalue weighted by molar-refractivity contribution is 9.12. The van der Waals surface area contributed by atoms with Crippen LogP contribution >= 0.6 is 31.9 Å². The molecule has 1 saturated heterocycles. The number of methoxy groups -OCH3 is 1. The Morgan fingerprint density at radius 2 is 1.47 bits per heavy atom. The minimum atomic E-state index is -1.23. The van der Waals surface area contributed by atoms with Crippen molar-refractivity contribution in [3.63, 3.8) is 0 Å². The number of ether oxygens (including phenoxy) is 1. The molecule has 10 nitrogen and oxygen atoms in total. The standard InChI is InChI=1S/C26H23Br2N3O7/c1-12(23(32)13-5-9-16(38-2)10-6-13)29(24(33)14-3-7-15(8-4-14)31(36)37)30-25(34)19-17-11-18(20(19)26(30)35)22(28)21(17)27/h3-10,12,17-22H,11H2,1-2H3/t12-,17+,18+,19+,20+,21-,22-/m0/s1. The molecule has 3 amide bonds. The van der Waals surface area contributed by atoms with Crippen molar-refractivity contribution >= 4 is 61.1 Å². The van der Waals surface area contributed by atoms with Gasteiger partial charge in [0.25, 0.3) is 23.4 Å². The molecule has 2 bridgehead atoms. The van der Waals surface area contributed by atoms with Crippen LogP contribution < -0.4 is 4.74 Å². The van der Waals surface area contributed by atoms with Crippen LogP contribution in [0.2, 0.25) is 0 Å². The normalized spacial score (nSPS) is 28.3. The molecule has 5 rings (SSSR count). The summed E-state index contributed by atoms with van der Waals surface area (Å²) < 4.78 is 5.15. The fraction of sp³-hybridized carbons (Fsp3) is 0.385. The highest BCUT2D eigenvalue weighted by atomic mass is 79.9. The lowest BCUT2D eigenvalue weighted by atomic mass is 9.81. The molecule has 1 heterocycles. The van der Waals surface area contributed by atoms with Crippen molar-refractivity contribution in [2.24, 2.45) is 23.7 Å². The summed E-state index contributed by atoms with van der Waals surface area (Å²) in [6.45, 7) is 1.46. The Hall–Kier alpha value is -3.12. The molecule has 38 heavy (non-hydrogen) atoms. The second-order valence-electron chi connectivity index (χ2n) is 9.71. The molecular formula is C26H23Br2N3O7. The number of carbonyl (C=O) groups is 4. The second-order valence-corrected chi connectivity index (χ2v) is 11.8. The second kappa shape index (κ2) is 9.88. The molecule has 2 aromatic rings. The number of imide groups is 1. The van der Waals surface area contributed by atoms with E-state index in [2.05, 4.69) is 31.9 Å². The first-order valence-corrected chi connectivity index (χ1v) is 13.8. The summed E-state index contributed by atoms with van der Waals surface area (Å²) in [5.74, 6) is -3.12. The van der Waals surface area contributed by atoms with E-state index in [0.29, 0.717) is 12.2 Å². The average molecular weight is 649 g/mol. The number of rotatable bonds is 7. The minimum absolute atomic E-state index is 0.00217. The van der Waals surface area contributed by atoms with Crippen molar-refractivity contribution in [1.29, 1.82) is 0 Å². The average Bonchev–Trinajstić information content (AvgIpc) is 3.54. The third kappa shape index (κ3) is 4.05. The molecule has 0 N–H and O–H groups in total. The van der Waals surface area contributed by atoms with Gasteiger partial charge in [0.2, 0.25) is 0 Å². The van der Waals surface area contributed by atoms with E-state index in [0.717, 1.165) is 22.2 Å². The number of hydrogen-bond acceptors (Lipinski definition) is 7. The molecule has 0 unspecified atom stereocenters. The lowest BCUT2D eigenvalue weighted by Crippen LogP contribution is -2.56. The van der Waals surface area contributed by atoms with Gasteiger partial charge < -0.3 is 4.74 Å². The first-order chi connectivity index (χ1) is 18.1.